The van der Waals surface area contributed by atoms with Gasteiger partial charge in [0, 0.05) is 5.92 Å². The summed E-state index contributed by atoms with van der Waals surface area (Å²) in [6.45, 7) is 15.6. The summed E-state index contributed by atoms with van der Waals surface area (Å²) in [5, 5.41) is 0. The topological polar surface area (TPSA) is 61.8 Å². The summed E-state index contributed by atoms with van der Waals surface area (Å²) < 4.78 is 17.7. The van der Waals surface area contributed by atoms with Crippen molar-refractivity contribution >= 4 is 20.3 Å². The van der Waals surface area contributed by atoms with Gasteiger partial charge in [0.05, 0.1) is 25.9 Å². The summed E-state index contributed by atoms with van der Waals surface area (Å²) >= 11 is 0. The van der Waals surface area contributed by atoms with Gasteiger partial charge in [0.1, 0.15) is 0 Å². The van der Waals surface area contributed by atoms with Crippen molar-refractivity contribution in [1.29, 1.82) is 0 Å². The standard InChI is InChI=1S/C30H42O5Si/c1-19(2)36(20(3)4,21(5)6)35-26-18-25(23-13-11-10-12-14-23)22(7)17-24-15-16-30(27(24)26,28(31)33-8)29(32)34-9/h10-22,25,27H,1-9H3/t22-,25-,27-/m1/s1. The van der Waals surface area contributed by atoms with Crippen molar-refractivity contribution in [3.8, 4) is 0 Å². The van der Waals surface area contributed by atoms with Crippen LogP contribution in [0.1, 0.15) is 59.9 Å². The molecule has 0 spiro atoms. The summed E-state index contributed by atoms with van der Waals surface area (Å²) in [5.41, 5.74) is 1.39. The van der Waals surface area contributed by atoms with E-state index in [0.717, 1.165) is 5.57 Å². The van der Waals surface area contributed by atoms with Crippen LogP contribution in [0.3, 0.4) is 0 Å². The third kappa shape index (κ3) is 4.49. The number of carbonyl (C=O) groups is 2. The van der Waals surface area contributed by atoms with E-state index in [1.54, 1.807) is 6.08 Å². The average molecular weight is 511 g/mol. The first-order valence-electron chi connectivity index (χ1n) is 13.0. The molecule has 3 rings (SSSR count). The van der Waals surface area contributed by atoms with Crippen molar-refractivity contribution in [3.63, 3.8) is 0 Å². The first-order chi connectivity index (χ1) is 17.0. The van der Waals surface area contributed by atoms with Gasteiger partial charge in [-0.25, -0.2) is 0 Å². The van der Waals surface area contributed by atoms with E-state index in [4.69, 9.17) is 13.9 Å². The normalized spacial score (nSPS) is 23.2. The monoisotopic (exact) mass is 510 g/mol. The van der Waals surface area contributed by atoms with Crippen LogP contribution in [0.2, 0.25) is 16.6 Å². The fraction of sp³-hybridized carbons (Fsp3) is 0.533. The molecule has 6 heteroatoms. The van der Waals surface area contributed by atoms with Gasteiger partial charge >= 0.3 is 11.9 Å². The molecule has 1 aromatic rings. The van der Waals surface area contributed by atoms with Crippen LogP contribution >= 0.6 is 0 Å². The summed E-state index contributed by atoms with van der Waals surface area (Å²) in [5.74, 6) is -1.08. The molecule has 196 valence electrons. The molecular weight excluding hydrogens is 468 g/mol. The van der Waals surface area contributed by atoms with Crippen LogP contribution in [0.25, 0.3) is 0 Å². The third-order valence-electron chi connectivity index (χ3n) is 8.21. The maximum atomic E-state index is 13.4. The fourth-order valence-electron chi connectivity index (χ4n) is 6.57. The lowest BCUT2D eigenvalue weighted by molar-refractivity contribution is -0.167. The molecule has 0 bridgehead atoms. The number of carbonyl (C=O) groups excluding carboxylic acids is 2. The smallest absolute Gasteiger partial charge is 0.328 e. The van der Waals surface area contributed by atoms with Gasteiger partial charge in [-0.3, -0.25) is 9.59 Å². The zero-order valence-corrected chi connectivity index (χ0v) is 24.2. The van der Waals surface area contributed by atoms with Crippen molar-refractivity contribution in [3.05, 3.63) is 71.5 Å². The van der Waals surface area contributed by atoms with Crippen molar-refractivity contribution in [2.24, 2.45) is 17.3 Å². The number of allylic oxidation sites excluding steroid dienone is 4. The first-order valence-corrected chi connectivity index (χ1v) is 15.1. The van der Waals surface area contributed by atoms with Gasteiger partial charge in [0.25, 0.3) is 8.32 Å². The molecule has 2 aliphatic rings. The molecule has 2 aliphatic carbocycles. The highest BCUT2D eigenvalue weighted by molar-refractivity contribution is 6.77. The molecule has 1 aromatic carbocycles. The Morgan fingerprint density at radius 3 is 1.86 bits per heavy atom. The van der Waals surface area contributed by atoms with E-state index in [1.165, 1.54) is 19.8 Å². The van der Waals surface area contributed by atoms with E-state index < -0.39 is 31.6 Å². The fourth-order valence-corrected chi connectivity index (χ4v) is 11.9. The van der Waals surface area contributed by atoms with Gasteiger partial charge in [-0.15, -0.1) is 0 Å². The highest BCUT2D eigenvalue weighted by Crippen LogP contribution is 2.54. The Morgan fingerprint density at radius 1 is 0.861 bits per heavy atom. The molecule has 0 saturated heterocycles. The summed E-state index contributed by atoms with van der Waals surface area (Å²) in [4.78, 5) is 26.8. The second-order valence-corrected chi connectivity index (χ2v) is 16.4. The Kier molecular flexibility index (Phi) is 8.39. The molecule has 0 heterocycles. The molecule has 0 amide bonds. The van der Waals surface area contributed by atoms with Crippen LogP contribution in [0.4, 0.5) is 0 Å². The van der Waals surface area contributed by atoms with Gasteiger partial charge in [-0.05, 0) is 39.8 Å². The van der Waals surface area contributed by atoms with Crippen molar-refractivity contribution in [1.82, 2.24) is 0 Å². The molecule has 0 aliphatic heterocycles. The van der Waals surface area contributed by atoms with E-state index in [0.29, 0.717) is 22.4 Å². The number of hydrogen-bond acceptors (Lipinski definition) is 5. The molecule has 5 nitrogen and oxygen atoms in total. The van der Waals surface area contributed by atoms with Gasteiger partial charge in [0.15, 0.2) is 5.41 Å². The highest BCUT2D eigenvalue weighted by atomic mass is 28.4. The van der Waals surface area contributed by atoms with Gasteiger partial charge < -0.3 is 13.9 Å². The quantitative estimate of drug-likeness (QED) is 0.215. The van der Waals surface area contributed by atoms with E-state index >= 15 is 0 Å². The van der Waals surface area contributed by atoms with Crippen LogP contribution in [0, 0.1) is 17.3 Å². The molecule has 3 atom stereocenters. The second-order valence-electron chi connectivity index (χ2n) is 11.1. The average Bonchev–Trinajstić information content (AvgIpc) is 3.16. The van der Waals surface area contributed by atoms with Crippen molar-refractivity contribution in [2.45, 2.75) is 71.0 Å². The molecule has 36 heavy (non-hydrogen) atoms. The Balaban J connectivity index is 2.33. The SMILES string of the molecule is COC(=O)C1(C(=O)OC)C=CC2=C[C@@H](C)[C@H](c3ccccc3)C=C(O[Si](C(C)C)(C(C)C)C(C)C)[C@@H]21. The highest BCUT2D eigenvalue weighted by Gasteiger charge is 2.60. The van der Waals surface area contributed by atoms with E-state index in [9.17, 15) is 9.59 Å². The number of hydrogen-bond donors (Lipinski definition) is 0. The maximum absolute atomic E-state index is 13.4. The van der Waals surface area contributed by atoms with Crippen LogP contribution < -0.4 is 0 Å². The summed E-state index contributed by atoms with van der Waals surface area (Å²) in [7, 11) is 0.198. The van der Waals surface area contributed by atoms with E-state index in [-0.39, 0.29) is 11.8 Å². The minimum absolute atomic E-state index is 0.0267. The molecule has 0 unspecified atom stereocenters. The van der Waals surface area contributed by atoms with Gasteiger partial charge in [-0.1, -0.05) is 97.0 Å². The Hall–Kier alpha value is -2.60. The van der Waals surface area contributed by atoms with Crippen LogP contribution in [0.15, 0.2) is 66.0 Å². The van der Waals surface area contributed by atoms with Gasteiger partial charge in [0.2, 0.25) is 0 Å². The van der Waals surface area contributed by atoms with Crippen LogP contribution in [-0.2, 0) is 23.5 Å². The number of rotatable bonds is 8. The Bertz CT molecular complexity index is 1010. The lowest BCUT2D eigenvalue weighted by Crippen LogP contribution is -2.51. The van der Waals surface area contributed by atoms with Gasteiger partial charge in [-0.2, -0.15) is 0 Å². The molecule has 0 aromatic heterocycles. The Morgan fingerprint density at radius 2 is 1.39 bits per heavy atom. The third-order valence-corrected chi connectivity index (χ3v) is 14.2. The van der Waals surface area contributed by atoms with Crippen LogP contribution in [-0.4, -0.2) is 34.5 Å². The van der Waals surface area contributed by atoms with E-state index in [2.05, 4.69) is 72.8 Å². The largest absolute Gasteiger partial charge is 0.545 e. The molecule has 0 N–H and O–H groups in total. The predicted octanol–water partition coefficient (Wildman–Crippen LogP) is 6.94. The van der Waals surface area contributed by atoms with Crippen molar-refractivity contribution in [2.75, 3.05) is 14.2 Å². The zero-order valence-electron chi connectivity index (χ0n) is 23.2. The Labute approximate surface area is 217 Å². The molecule has 0 fully saturated rings. The zero-order chi connectivity index (χ0) is 26.8. The first kappa shape index (κ1) is 28.0. The second kappa shape index (κ2) is 10.8. The number of methoxy groups -OCH3 is 2. The van der Waals surface area contributed by atoms with Crippen molar-refractivity contribution < 1.29 is 23.5 Å². The lowest BCUT2D eigenvalue weighted by atomic mass is 9.75. The minimum atomic E-state index is -2.43. The number of ether oxygens (including phenoxy) is 2. The lowest BCUT2D eigenvalue weighted by Gasteiger charge is -2.45. The number of fused-ring (bicyclic) bond motifs is 1. The molecule has 0 saturated carbocycles. The van der Waals surface area contributed by atoms with E-state index in [1.807, 2.05) is 24.3 Å². The number of benzene rings is 1. The summed E-state index contributed by atoms with van der Waals surface area (Å²) in [6, 6.07) is 10.3. The van der Waals surface area contributed by atoms with Crippen LogP contribution in [0.5, 0.6) is 0 Å². The predicted molar refractivity (Wildman–Crippen MR) is 146 cm³/mol. The minimum Gasteiger partial charge on any atom is -0.545 e. The summed E-state index contributed by atoms with van der Waals surface area (Å²) in [6.07, 6.45) is 7.86. The number of esters is 2. The molecular formula is C30H42O5Si. The maximum Gasteiger partial charge on any atom is 0.328 e. The molecule has 0 radical (unpaired) electrons.